The molecule has 0 fully saturated rings. The molecule has 0 amide bonds. The summed E-state index contributed by atoms with van der Waals surface area (Å²) in [5.41, 5.74) is 0. The molecule has 0 bridgehead atoms. The molecular formula is C73H142O17P2. The highest BCUT2D eigenvalue weighted by Gasteiger charge is 2.30. The van der Waals surface area contributed by atoms with Gasteiger partial charge in [-0.2, -0.15) is 0 Å². The summed E-state index contributed by atoms with van der Waals surface area (Å²) >= 11 is 0. The van der Waals surface area contributed by atoms with Crippen molar-refractivity contribution in [3.63, 3.8) is 0 Å². The van der Waals surface area contributed by atoms with E-state index < -0.39 is 97.5 Å². The highest BCUT2D eigenvalue weighted by Crippen LogP contribution is 2.45. The fourth-order valence-corrected chi connectivity index (χ4v) is 12.8. The van der Waals surface area contributed by atoms with Gasteiger partial charge in [-0.1, -0.05) is 336 Å². The Kier molecular flexibility index (Phi) is 66.2. The minimum atomic E-state index is -4.95. The molecule has 0 saturated carbocycles. The Morgan fingerprint density at radius 1 is 0.261 bits per heavy atom. The summed E-state index contributed by atoms with van der Waals surface area (Å²) in [5.74, 6) is -2.12. The van der Waals surface area contributed by atoms with Gasteiger partial charge in [0.15, 0.2) is 12.2 Å². The first-order valence-corrected chi connectivity index (χ1v) is 41.3. The van der Waals surface area contributed by atoms with Crippen LogP contribution in [0.3, 0.4) is 0 Å². The maximum absolute atomic E-state index is 13.1. The molecule has 5 atom stereocenters. The molecule has 0 rings (SSSR count). The van der Waals surface area contributed by atoms with Gasteiger partial charge in [-0.25, -0.2) is 9.13 Å². The third-order valence-electron chi connectivity index (χ3n) is 17.1. The molecule has 0 heterocycles. The van der Waals surface area contributed by atoms with E-state index in [0.717, 1.165) is 103 Å². The van der Waals surface area contributed by atoms with Gasteiger partial charge in [0.05, 0.1) is 26.4 Å². The highest BCUT2D eigenvalue weighted by atomic mass is 31.2. The lowest BCUT2D eigenvalue weighted by Crippen LogP contribution is -2.30. The van der Waals surface area contributed by atoms with Gasteiger partial charge in [0.25, 0.3) is 0 Å². The van der Waals surface area contributed by atoms with Gasteiger partial charge in [-0.15, -0.1) is 0 Å². The maximum atomic E-state index is 13.1. The number of phosphoric acid groups is 2. The SMILES string of the molecule is CCCCCCCCCCCCCCCCCCCCC(=O)OC[C@H](COP(=O)(O)OC[C@@H](O)COP(=O)(O)OC[C@@H](COC(=O)CCCCCCCCCC)OC(=O)CCCCCCCCCC)OC(=O)CCCCCCCCCCCCCCCCCCCC. The molecule has 0 aliphatic carbocycles. The largest absolute Gasteiger partial charge is 0.472 e. The summed E-state index contributed by atoms with van der Waals surface area (Å²) in [5, 5.41) is 10.6. The number of unbranched alkanes of at least 4 members (excludes halogenated alkanes) is 48. The lowest BCUT2D eigenvalue weighted by molar-refractivity contribution is -0.161. The first-order chi connectivity index (χ1) is 44.7. The number of ether oxygens (including phenoxy) is 4. The molecule has 0 aromatic carbocycles. The lowest BCUT2D eigenvalue weighted by Gasteiger charge is -2.21. The van der Waals surface area contributed by atoms with Crippen LogP contribution in [0.15, 0.2) is 0 Å². The maximum Gasteiger partial charge on any atom is 0.472 e. The van der Waals surface area contributed by atoms with Crippen LogP contribution in [-0.2, 0) is 65.4 Å². The van der Waals surface area contributed by atoms with Crippen molar-refractivity contribution in [1.82, 2.24) is 0 Å². The zero-order chi connectivity index (χ0) is 67.5. The molecule has 3 N–H and O–H groups in total. The summed E-state index contributed by atoms with van der Waals surface area (Å²) < 4.78 is 68.2. The summed E-state index contributed by atoms with van der Waals surface area (Å²) in [4.78, 5) is 72.5. The van der Waals surface area contributed by atoms with Crippen molar-refractivity contribution in [2.45, 2.75) is 406 Å². The van der Waals surface area contributed by atoms with Gasteiger partial charge >= 0.3 is 39.5 Å². The van der Waals surface area contributed by atoms with E-state index in [1.54, 1.807) is 0 Å². The number of aliphatic hydroxyl groups is 1. The number of esters is 4. The summed E-state index contributed by atoms with van der Waals surface area (Å²) in [7, 11) is -9.89. The van der Waals surface area contributed by atoms with E-state index in [1.807, 2.05) is 0 Å². The van der Waals surface area contributed by atoms with Gasteiger partial charge in [-0.05, 0) is 25.7 Å². The number of hydrogen-bond donors (Lipinski definition) is 3. The molecule has 0 aliphatic rings. The van der Waals surface area contributed by atoms with Crippen LogP contribution < -0.4 is 0 Å². The average molecular weight is 1350 g/mol. The van der Waals surface area contributed by atoms with Crippen molar-refractivity contribution in [1.29, 1.82) is 0 Å². The molecule has 2 unspecified atom stereocenters. The second kappa shape index (κ2) is 67.6. The van der Waals surface area contributed by atoms with Crippen LogP contribution in [0.5, 0.6) is 0 Å². The predicted molar refractivity (Wildman–Crippen MR) is 372 cm³/mol. The summed E-state index contributed by atoms with van der Waals surface area (Å²) in [6.45, 7) is 4.91. The van der Waals surface area contributed by atoms with Crippen LogP contribution in [0.25, 0.3) is 0 Å². The van der Waals surface area contributed by atoms with Gasteiger partial charge < -0.3 is 33.8 Å². The van der Waals surface area contributed by atoms with Crippen molar-refractivity contribution >= 4 is 39.5 Å². The fraction of sp³-hybridized carbons (Fsp3) is 0.945. The molecular weight excluding hydrogens is 1210 g/mol. The molecule has 0 spiro atoms. The number of hydrogen-bond acceptors (Lipinski definition) is 15. The number of carbonyl (C=O) groups is 4. The monoisotopic (exact) mass is 1350 g/mol. The quantitative estimate of drug-likeness (QED) is 0.0222. The van der Waals surface area contributed by atoms with Gasteiger partial charge in [0.1, 0.15) is 19.3 Å². The Hall–Kier alpha value is -1.94. The van der Waals surface area contributed by atoms with E-state index in [2.05, 4.69) is 27.7 Å². The molecule has 0 radical (unpaired) electrons. The topological polar surface area (TPSA) is 237 Å². The fourth-order valence-electron chi connectivity index (χ4n) is 11.2. The Balaban J connectivity index is 5.15. The first kappa shape index (κ1) is 90.1. The third kappa shape index (κ3) is 66.7. The Labute approximate surface area is 562 Å². The number of rotatable bonds is 74. The van der Waals surface area contributed by atoms with Crippen LogP contribution in [0, 0.1) is 0 Å². The van der Waals surface area contributed by atoms with Gasteiger partial charge in [0, 0.05) is 25.7 Å². The number of phosphoric ester groups is 2. The number of carbonyl (C=O) groups excluding carboxylic acids is 4. The average Bonchev–Trinajstić information content (AvgIpc) is 2.48. The van der Waals surface area contributed by atoms with Gasteiger partial charge in [-0.3, -0.25) is 37.3 Å². The minimum Gasteiger partial charge on any atom is -0.462 e. The van der Waals surface area contributed by atoms with Gasteiger partial charge in [0.2, 0.25) is 0 Å². The molecule has 19 heteroatoms. The number of aliphatic hydroxyl groups excluding tert-OH is 1. The smallest absolute Gasteiger partial charge is 0.462 e. The zero-order valence-electron chi connectivity index (χ0n) is 59.5. The van der Waals surface area contributed by atoms with Crippen molar-refractivity contribution in [2.75, 3.05) is 39.6 Å². The molecule has 17 nitrogen and oxygen atoms in total. The van der Waals surface area contributed by atoms with Crippen molar-refractivity contribution in [3.05, 3.63) is 0 Å². The predicted octanol–water partition coefficient (Wildman–Crippen LogP) is 21.4. The first-order valence-electron chi connectivity index (χ1n) is 38.3. The second-order valence-corrected chi connectivity index (χ2v) is 29.2. The zero-order valence-corrected chi connectivity index (χ0v) is 61.3. The molecule has 0 aromatic heterocycles. The van der Waals surface area contributed by atoms with Crippen LogP contribution in [0.4, 0.5) is 0 Å². The Morgan fingerprint density at radius 2 is 0.435 bits per heavy atom. The molecule has 0 aromatic rings. The van der Waals surface area contributed by atoms with Crippen molar-refractivity contribution < 1.29 is 80.2 Å². The molecule has 0 saturated heterocycles. The lowest BCUT2D eigenvalue weighted by atomic mass is 10.0. The van der Waals surface area contributed by atoms with Crippen molar-refractivity contribution in [2.24, 2.45) is 0 Å². The van der Waals surface area contributed by atoms with E-state index in [1.165, 1.54) is 205 Å². The van der Waals surface area contributed by atoms with E-state index in [0.29, 0.717) is 25.7 Å². The summed E-state index contributed by atoms with van der Waals surface area (Å²) in [6.07, 6.45) is 57.1. The molecule has 0 aliphatic heterocycles. The standard InChI is InChI=1S/C73H142O17P2/c1-5-9-13-17-21-25-27-29-31-33-35-37-39-41-43-47-50-54-58-71(76)84-64-69(90-73(78)60-56-52-48-44-42-40-38-36-34-32-30-28-26-22-18-14-10-6-2)66-88-92(81,82)86-62-67(74)61-85-91(79,80)87-65-68(89-72(77)59-55-51-46-24-20-16-12-8-4)63-83-70(75)57-53-49-45-23-19-15-11-7-3/h67-69,74H,5-66H2,1-4H3,(H,79,80)(H,81,82)/t67-,68+,69+/m0/s1. The third-order valence-corrected chi connectivity index (χ3v) is 19.0. The minimum absolute atomic E-state index is 0.105. The van der Waals surface area contributed by atoms with Crippen LogP contribution in [0.2, 0.25) is 0 Å². The Bertz CT molecular complexity index is 1760. The van der Waals surface area contributed by atoms with E-state index in [9.17, 15) is 43.2 Å². The second-order valence-electron chi connectivity index (χ2n) is 26.3. The summed E-state index contributed by atoms with van der Waals surface area (Å²) in [6, 6.07) is 0. The van der Waals surface area contributed by atoms with E-state index >= 15 is 0 Å². The van der Waals surface area contributed by atoms with Crippen LogP contribution in [0.1, 0.15) is 387 Å². The normalized spacial score (nSPS) is 13.9. The van der Waals surface area contributed by atoms with E-state index in [-0.39, 0.29) is 25.7 Å². The van der Waals surface area contributed by atoms with Crippen LogP contribution in [-0.4, -0.2) is 96.7 Å². The van der Waals surface area contributed by atoms with Crippen molar-refractivity contribution in [3.8, 4) is 0 Å². The van der Waals surface area contributed by atoms with E-state index in [4.69, 9.17) is 37.0 Å². The molecule has 92 heavy (non-hydrogen) atoms. The highest BCUT2D eigenvalue weighted by molar-refractivity contribution is 7.47. The molecule has 546 valence electrons. The van der Waals surface area contributed by atoms with Crippen LogP contribution >= 0.6 is 15.6 Å². The Morgan fingerprint density at radius 3 is 0.641 bits per heavy atom.